The molecule has 218 valence electrons. The van der Waals surface area contributed by atoms with Crippen molar-refractivity contribution in [1.82, 2.24) is 0 Å². The third-order valence-electron chi connectivity index (χ3n) is 7.50. The molecule has 0 aliphatic carbocycles. The van der Waals surface area contributed by atoms with Crippen molar-refractivity contribution in [2.75, 3.05) is 38.9 Å². The molecule has 0 atom stereocenters. The fraction of sp³-hybridized carbons (Fsp3) is 0.765. The van der Waals surface area contributed by atoms with Crippen LogP contribution >= 0.6 is 7.26 Å². The Hall–Kier alpha value is -1.01. The fourth-order valence-corrected chi connectivity index (χ4v) is 7.31. The van der Waals surface area contributed by atoms with E-state index in [0.29, 0.717) is 0 Å². The monoisotopic (exact) mass is 536 g/mol. The average Bonchev–Trinajstić information content (AvgIpc) is 2.84. The van der Waals surface area contributed by atoms with Gasteiger partial charge in [-0.2, -0.15) is 0 Å². The van der Waals surface area contributed by atoms with Crippen LogP contribution < -0.4 is 0 Å². The SMILES string of the molecule is C=C(C)C(=C)OCCCCCCCCCCC[PH](C)(C)CCCCCCCCCCCOC(=C)C(=C)C. The van der Waals surface area contributed by atoms with Gasteiger partial charge in [0.2, 0.25) is 0 Å². The van der Waals surface area contributed by atoms with Crippen molar-refractivity contribution < 1.29 is 9.47 Å². The molecule has 37 heavy (non-hydrogen) atoms. The Morgan fingerprint density at radius 3 is 0.946 bits per heavy atom. The predicted octanol–water partition coefficient (Wildman–Crippen LogP) is 11.2. The van der Waals surface area contributed by atoms with Crippen LogP contribution in [0.4, 0.5) is 0 Å². The topological polar surface area (TPSA) is 18.5 Å². The maximum atomic E-state index is 5.58. The van der Waals surface area contributed by atoms with Crippen molar-refractivity contribution in [3.05, 3.63) is 49.0 Å². The Kier molecular flexibility index (Phi) is 23.4. The fourth-order valence-electron chi connectivity index (χ4n) is 4.65. The molecule has 3 heteroatoms. The van der Waals surface area contributed by atoms with Crippen LogP contribution in [0.1, 0.15) is 129 Å². The molecule has 0 heterocycles. The number of rotatable bonds is 28. The summed E-state index contributed by atoms with van der Waals surface area (Å²) in [5.41, 5.74) is 1.87. The van der Waals surface area contributed by atoms with Gasteiger partial charge in [-0.1, -0.05) is 26.3 Å². The zero-order valence-electron chi connectivity index (χ0n) is 25.7. The van der Waals surface area contributed by atoms with Crippen LogP contribution in [-0.2, 0) is 9.47 Å². The molecule has 0 aromatic rings. The van der Waals surface area contributed by atoms with Crippen molar-refractivity contribution in [2.24, 2.45) is 0 Å². The van der Waals surface area contributed by atoms with Crippen LogP contribution in [0.25, 0.3) is 0 Å². The molecule has 0 saturated heterocycles. The molecule has 0 spiro atoms. The van der Waals surface area contributed by atoms with Crippen LogP contribution in [0.2, 0.25) is 0 Å². The van der Waals surface area contributed by atoms with Gasteiger partial charge < -0.3 is 0 Å². The predicted molar refractivity (Wildman–Crippen MR) is 173 cm³/mol. The van der Waals surface area contributed by atoms with E-state index in [1.54, 1.807) is 0 Å². The summed E-state index contributed by atoms with van der Waals surface area (Å²) in [5.74, 6) is 1.49. The van der Waals surface area contributed by atoms with Crippen LogP contribution in [0.15, 0.2) is 49.0 Å². The van der Waals surface area contributed by atoms with E-state index in [1.165, 1.54) is 115 Å². The van der Waals surface area contributed by atoms with Gasteiger partial charge in [-0.15, -0.1) is 0 Å². The third kappa shape index (κ3) is 25.0. The van der Waals surface area contributed by atoms with Gasteiger partial charge in [-0.05, 0) is 25.0 Å². The van der Waals surface area contributed by atoms with Crippen LogP contribution in [0.5, 0.6) is 0 Å². The number of unbranched alkanes of at least 4 members (excludes halogenated alkanes) is 16. The Labute approximate surface area is 233 Å². The van der Waals surface area contributed by atoms with Gasteiger partial charge in [0.15, 0.2) is 0 Å². The van der Waals surface area contributed by atoms with E-state index in [9.17, 15) is 0 Å². The van der Waals surface area contributed by atoms with Gasteiger partial charge in [0.1, 0.15) is 11.5 Å². The van der Waals surface area contributed by atoms with E-state index >= 15 is 0 Å². The van der Waals surface area contributed by atoms with Gasteiger partial charge in [0, 0.05) is 0 Å². The zero-order valence-corrected chi connectivity index (χ0v) is 26.7. The smallest absolute Gasteiger partial charge is 0.0924 e. The van der Waals surface area contributed by atoms with Crippen LogP contribution in [0, 0.1) is 0 Å². The van der Waals surface area contributed by atoms with Crippen molar-refractivity contribution >= 4 is 7.26 Å². The van der Waals surface area contributed by atoms with Crippen molar-refractivity contribution in [3.63, 3.8) is 0 Å². The zero-order chi connectivity index (χ0) is 27.8. The average molecular weight is 537 g/mol. The van der Waals surface area contributed by atoms with E-state index < -0.39 is 7.26 Å². The number of ether oxygens (including phenoxy) is 2. The molecule has 0 aromatic heterocycles. The van der Waals surface area contributed by atoms with Gasteiger partial charge in [-0.3, -0.25) is 0 Å². The molecule has 0 fully saturated rings. The van der Waals surface area contributed by atoms with E-state index in [4.69, 9.17) is 9.47 Å². The number of hydrogen-bond donors (Lipinski definition) is 0. The standard InChI is InChI=1S/C34H65O2P/c1-31(2)33(5)35-27-23-19-15-11-9-13-17-21-25-29-37(7,8)30-26-22-18-14-10-12-16-20-24-28-36-34(6)32(3)4/h37H,1,3,5-6,9-30H2,2,4,7-8H3. The first-order valence-electron chi connectivity index (χ1n) is 15.6. The van der Waals surface area contributed by atoms with Gasteiger partial charge >= 0.3 is 171 Å². The van der Waals surface area contributed by atoms with Gasteiger partial charge in [0.05, 0.1) is 0 Å². The summed E-state index contributed by atoms with van der Waals surface area (Å²) in [6.07, 6.45) is 27.7. The summed E-state index contributed by atoms with van der Waals surface area (Å²) in [7, 11) is -0.969. The van der Waals surface area contributed by atoms with E-state index in [2.05, 4.69) is 39.6 Å². The van der Waals surface area contributed by atoms with Crippen LogP contribution in [0.3, 0.4) is 0 Å². The number of allylic oxidation sites excluding steroid dienone is 2. The molecular formula is C34H65O2P. The first kappa shape index (κ1) is 36.0. The summed E-state index contributed by atoms with van der Waals surface area (Å²) < 4.78 is 11.2. The van der Waals surface area contributed by atoms with Crippen molar-refractivity contribution in [3.8, 4) is 0 Å². The molecule has 0 aromatic carbocycles. The third-order valence-corrected chi connectivity index (χ3v) is 10.9. The first-order chi connectivity index (χ1) is 17.7. The summed E-state index contributed by atoms with van der Waals surface area (Å²) in [4.78, 5) is 0. The second-order valence-corrected chi connectivity index (χ2v) is 17.5. The summed E-state index contributed by atoms with van der Waals surface area (Å²) in [6.45, 7) is 26.2. The second-order valence-electron chi connectivity index (χ2n) is 12.1. The first-order valence-corrected chi connectivity index (χ1v) is 19.0. The molecule has 0 unspecified atom stereocenters. The van der Waals surface area contributed by atoms with E-state index in [1.807, 2.05) is 13.8 Å². The minimum absolute atomic E-state index is 0.744. The quantitative estimate of drug-likeness (QED) is 0.0428. The maximum absolute atomic E-state index is 5.58. The Morgan fingerprint density at radius 1 is 0.432 bits per heavy atom. The molecule has 0 amide bonds. The van der Waals surface area contributed by atoms with Crippen molar-refractivity contribution in [2.45, 2.75) is 129 Å². The summed E-state index contributed by atoms with van der Waals surface area (Å²) >= 11 is 0. The molecule has 0 aliphatic rings. The molecule has 0 bridgehead atoms. The second kappa shape index (κ2) is 24.1. The van der Waals surface area contributed by atoms with Gasteiger partial charge in [-0.25, -0.2) is 0 Å². The summed E-state index contributed by atoms with van der Waals surface area (Å²) in [6, 6.07) is 0. The Bertz CT molecular complexity index is 567. The Balaban J connectivity index is 3.39. The Morgan fingerprint density at radius 2 is 0.676 bits per heavy atom. The minimum Gasteiger partial charge on any atom is -0.0924 e. The molecule has 0 rings (SSSR count). The van der Waals surface area contributed by atoms with Gasteiger partial charge in [0.25, 0.3) is 0 Å². The summed E-state index contributed by atoms with van der Waals surface area (Å²) in [5, 5.41) is 0. The van der Waals surface area contributed by atoms with E-state index in [0.717, 1.165) is 48.7 Å². The molecule has 0 radical (unpaired) electrons. The molecule has 0 aliphatic heterocycles. The molecule has 0 N–H and O–H groups in total. The van der Waals surface area contributed by atoms with Crippen molar-refractivity contribution in [1.29, 1.82) is 0 Å². The molecule has 2 nitrogen and oxygen atoms in total. The molecule has 0 saturated carbocycles. The van der Waals surface area contributed by atoms with E-state index in [-0.39, 0.29) is 0 Å². The minimum atomic E-state index is -0.969. The number of hydrogen-bond acceptors (Lipinski definition) is 2. The molecular weight excluding hydrogens is 471 g/mol. The normalized spacial score (nSPS) is 11.8. The van der Waals surface area contributed by atoms with Crippen LogP contribution in [-0.4, -0.2) is 38.9 Å².